The summed E-state index contributed by atoms with van der Waals surface area (Å²) in [6.07, 6.45) is 3.54. The number of carbonyl (C=O) groups is 1. The average molecular weight is 243 g/mol. The third kappa shape index (κ3) is 1.70. The van der Waals surface area contributed by atoms with Crippen molar-refractivity contribution >= 4 is 17.5 Å². The van der Waals surface area contributed by atoms with Gasteiger partial charge in [-0.3, -0.25) is 9.48 Å². The maximum atomic E-state index is 11.2. The molecule has 0 aliphatic heterocycles. The fourth-order valence-electron chi connectivity index (χ4n) is 2.25. The van der Waals surface area contributed by atoms with Crippen LogP contribution in [0.1, 0.15) is 31.0 Å². The Kier molecular flexibility index (Phi) is 2.67. The van der Waals surface area contributed by atoms with E-state index in [1.165, 1.54) is 0 Å². The van der Waals surface area contributed by atoms with E-state index in [0.29, 0.717) is 17.9 Å². The van der Waals surface area contributed by atoms with Crippen LogP contribution in [-0.2, 0) is 4.79 Å². The van der Waals surface area contributed by atoms with Crippen molar-refractivity contribution in [1.82, 2.24) is 9.78 Å². The molecule has 1 fully saturated rings. The smallest absolute Gasteiger partial charge is 0.237 e. The zero-order valence-electron chi connectivity index (χ0n) is 9.11. The average Bonchev–Trinajstić information content (AvgIpc) is 2.74. The lowest BCUT2D eigenvalue weighted by Crippen LogP contribution is -2.49. The minimum atomic E-state index is -0.893. The van der Waals surface area contributed by atoms with Crippen molar-refractivity contribution in [2.24, 2.45) is 11.5 Å². The van der Waals surface area contributed by atoms with Crippen molar-refractivity contribution in [3.05, 3.63) is 16.9 Å². The summed E-state index contributed by atoms with van der Waals surface area (Å²) < 4.78 is 1.83. The van der Waals surface area contributed by atoms with E-state index >= 15 is 0 Å². The van der Waals surface area contributed by atoms with Crippen LogP contribution in [0.5, 0.6) is 0 Å². The first-order valence-electron chi connectivity index (χ1n) is 5.22. The van der Waals surface area contributed by atoms with Gasteiger partial charge in [-0.2, -0.15) is 5.10 Å². The van der Waals surface area contributed by atoms with Gasteiger partial charge in [0.2, 0.25) is 5.91 Å². The van der Waals surface area contributed by atoms with Gasteiger partial charge in [-0.1, -0.05) is 11.6 Å². The lowest BCUT2D eigenvalue weighted by atomic mass is 9.98. The highest BCUT2D eigenvalue weighted by atomic mass is 35.5. The van der Waals surface area contributed by atoms with Gasteiger partial charge in [-0.15, -0.1) is 0 Å². The van der Waals surface area contributed by atoms with Crippen molar-refractivity contribution in [2.45, 2.75) is 37.8 Å². The second-order valence-corrected chi connectivity index (χ2v) is 4.85. The van der Waals surface area contributed by atoms with Gasteiger partial charge in [0, 0.05) is 0 Å². The first-order valence-corrected chi connectivity index (χ1v) is 5.60. The van der Waals surface area contributed by atoms with E-state index in [4.69, 9.17) is 23.1 Å². The number of aromatic nitrogens is 2. The van der Waals surface area contributed by atoms with Gasteiger partial charge in [0.05, 0.1) is 28.5 Å². The number of hydrogen-bond donors (Lipinski definition) is 2. The molecule has 0 radical (unpaired) electrons. The molecule has 88 valence electrons. The summed E-state index contributed by atoms with van der Waals surface area (Å²) in [7, 11) is 0. The van der Waals surface area contributed by atoms with E-state index in [9.17, 15) is 4.79 Å². The molecule has 2 rings (SSSR count). The standard InChI is InChI=1S/C10H15ClN4O/c1-6-8(11)5-14-15(6)7-2-3-10(13,4-7)9(12)16/h5,7H,2-4,13H2,1H3,(H2,12,16). The number of halogens is 1. The van der Waals surface area contributed by atoms with Crippen molar-refractivity contribution in [2.75, 3.05) is 0 Å². The molecule has 2 unspecified atom stereocenters. The highest BCUT2D eigenvalue weighted by Crippen LogP contribution is 2.37. The number of nitrogens with zero attached hydrogens (tertiary/aromatic N) is 2. The summed E-state index contributed by atoms with van der Waals surface area (Å²) in [6.45, 7) is 1.90. The van der Waals surface area contributed by atoms with Crippen LogP contribution >= 0.6 is 11.6 Å². The number of carbonyl (C=O) groups excluding carboxylic acids is 1. The Labute approximate surface area is 98.7 Å². The SMILES string of the molecule is Cc1c(Cl)cnn1C1CCC(N)(C(N)=O)C1. The molecule has 6 heteroatoms. The lowest BCUT2D eigenvalue weighted by Gasteiger charge is -2.20. The summed E-state index contributed by atoms with van der Waals surface area (Å²) in [5.41, 5.74) is 11.2. The Balaban J connectivity index is 2.21. The third-order valence-corrected chi connectivity index (χ3v) is 3.72. The molecule has 0 spiro atoms. The zero-order valence-corrected chi connectivity index (χ0v) is 9.87. The molecule has 1 saturated carbocycles. The predicted octanol–water partition coefficient (Wildman–Crippen LogP) is 0.753. The topological polar surface area (TPSA) is 86.9 Å². The fraction of sp³-hybridized carbons (Fsp3) is 0.600. The molecule has 16 heavy (non-hydrogen) atoms. The van der Waals surface area contributed by atoms with Gasteiger partial charge < -0.3 is 11.5 Å². The van der Waals surface area contributed by atoms with Crippen LogP contribution < -0.4 is 11.5 Å². The quantitative estimate of drug-likeness (QED) is 0.802. The molecule has 1 aromatic rings. The maximum absolute atomic E-state index is 11.2. The fourth-order valence-corrected chi connectivity index (χ4v) is 2.38. The van der Waals surface area contributed by atoms with Crippen molar-refractivity contribution in [3.63, 3.8) is 0 Å². The molecule has 1 heterocycles. The largest absolute Gasteiger partial charge is 0.368 e. The minimum absolute atomic E-state index is 0.116. The van der Waals surface area contributed by atoms with Gasteiger partial charge in [-0.25, -0.2) is 0 Å². The number of amides is 1. The van der Waals surface area contributed by atoms with Gasteiger partial charge in [0.15, 0.2) is 0 Å². The van der Waals surface area contributed by atoms with E-state index in [1.807, 2.05) is 11.6 Å². The van der Waals surface area contributed by atoms with Crippen LogP contribution in [0.2, 0.25) is 5.02 Å². The van der Waals surface area contributed by atoms with E-state index in [-0.39, 0.29) is 6.04 Å². The van der Waals surface area contributed by atoms with Gasteiger partial charge in [-0.05, 0) is 26.2 Å². The van der Waals surface area contributed by atoms with E-state index < -0.39 is 11.4 Å². The first kappa shape index (κ1) is 11.4. The Bertz CT molecular complexity index is 430. The van der Waals surface area contributed by atoms with E-state index in [1.54, 1.807) is 6.20 Å². The number of nitrogens with two attached hydrogens (primary N) is 2. The summed E-state index contributed by atoms with van der Waals surface area (Å²) in [4.78, 5) is 11.2. The van der Waals surface area contributed by atoms with E-state index in [0.717, 1.165) is 12.1 Å². The molecule has 0 saturated heterocycles. The third-order valence-electron chi connectivity index (χ3n) is 3.34. The van der Waals surface area contributed by atoms with Crippen LogP contribution in [0, 0.1) is 6.92 Å². The Morgan fingerprint density at radius 3 is 2.88 bits per heavy atom. The van der Waals surface area contributed by atoms with Gasteiger partial charge in [0.25, 0.3) is 0 Å². The van der Waals surface area contributed by atoms with Crippen molar-refractivity contribution in [1.29, 1.82) is 0 Å². The molecule has 2 atom stereocenters. The summed E-state index contributed by atoms with van der Waals surface area (Å²) in [5, 5.41) is 4.83. The Morgan fingerprint density at radius 2 is 2.44 bits per heavy atom. The van der Waals surface area contributed by atoms with Crippen molar-refractivity contribution in [3.8, 4) is 0 Å². The number of rotatable bonds is 2. The molecule has 1 aliphatic rings. The van der Waals surface area contributed by atoms with Gasteiger partial charge >= 0.3 is 0 Å². The monoisotopic (exact) mass is 242 g/mol. The van der Waals surface area contributed by atoms with Crippen LogP contribution in [0.4, 0.5) is 0 Å². The number of hydrogen-bond acceptors (Lipinski definition) is 3. The normalized spacial score (nSPS) is 29.6. The summed E-state index contributed by atoms with van der Waals surface area (Å²) in [6, 6.07) is 0.116. The van der Waals surface area contributed by atoms with Gasteiger partial charge in [0.1, 0.15) is 0 Å². The zero-order chi connectivity index (χ0) is 11.9. The lowest BCUT2D eigenvalue weighted by molar-refractivity contribution is -0.123. The van der Waals surface area contributed by atoms with Crippen LogP contribution in [0.3, 0.4) is 0 Å². The molecular formula is C10H15ClN4O. The van der Waals surface area contributed by atoms with Crippen LogP contribution in [0.15, 0.2) is 6.20 Å². The first-order chi connectivity index (χ1) is 7.44. The second kappa shape index (κ2) is 3.75. The molecule has 5 nitrogen and oxygen atoms in total. The van der Waals surface area contributed by atoms with Crippen molar-refractivity contribution < 1.29 is 4.79 Å². The molecule has 4 N–H and O–H groups in total. The maximum Gasteiger partial charge on any atom is 0.237 e. The predicted molar refractivity (Wildman–Crippen MR) is 61.0 cm³/mol. The van der Waals surface area contributed by atoms with Crippen LogP contribution in [-0.4, -0.2) is 21.2 Å². The highest BCUT2D eigenvalue weighted by Gasteiger charge is 2.41. The minimum Gasteiger partial charge on any atom is -0.368 e. The molecule has 1 aromatic heterocycles. The van der Waals surface area contributed by atoms with Crippen LogP contribution in [0.25, 0.3) is 0 Å². The highest BCUT2D eigenvalue weighted by molar-refractivity contribution is 6.31. The summed E-state index contributed by atoms with van der Waals surface area (Å²) >= 11 is 5.94. The number of primary amides is 1. The Hall–Kier alpha value is -1.07. The molecule has 0 aromatic carbocycles. The molecule has 0 bridgehead atoms. The molecular weight excluding hydrogens is 228 g/mol. The summed E-state index contributed by atoms with van der Waals surface area (Å²) in [5.74, 6) is -0.439. The second-order valence-electron chi connectivity index (χ2n) is 4.44. The van der Waals surface area contributed by atoms with E-state index in [2.05, 4.69) is 5.10 Å². The molecule has 1 amide bonds. The molecule has 1 aliphatic carbocycles. The Morgan fingerprint density at radius 1 is 1.75 bits per heavy atom.